The van der Waals surface area contributed by atoms with Crippen molar-refractivity contribution in [3.05, 3.63) is 64.6 Å². The van der Waals surface area contributed by atoms with Crippen molar-refractivity contribution in [3.8, 4) is 5.82 Å². The maximum atomic E-state index is 13.4. The Bertz CT molecular complexity index is 1110. The Labute approximate surface area is 132 Å². The van der Waals surface area contributed by atoms with E-state index in [0.717, 1.165) is 4.68 Å². The van der Waals surface area contributed by atoms with Crippen LogP contribution in [0.5, 0.6) is 0 Å². The van der Waals surface area contributed by atoms with Crippen molar-refractivity contribution in [2.45, 2.75) is 6.18 Å². The van der Waals surface area contributed by atoms with E-state index >= 15 is 0 Å². The number of H-pyrrole nitrogens is 1. The van der Waals surface area contributed by atoms with Crippen molar-refractivity contribution in [1.82, 2.24) is 19.7 Å². The summed E-state index contributed by atoms with van der Waals surface area (Å²) in [6, 6.07) is 11.2. The van der Waals surface area contributed by atoms with Crippen molar-refractivity contribution in [1.29, 1.82) is 0 Å². The Morgan fingerprint density at radius 1 is 1.04 bits per heavy atom. The molecule has 8 heteroatoms. The van der Waals surface area contributed by atoms with Crippen molar-refractivity contribution in [3.63, 3.8) is 0 Å². The summed E-state index contributed by atoms with van der Waals surface area (Å²) in [7, 11) is 0. The topological polar surface area (TPSA) is 63.6 Å². The number of nitrogens with zero attached hydrogens (tertiary/aromatic N) is 3. The minimum absolute atomic E-state index is 0.0373. The Morgan fingerprint density at radius 3 is 2.50 bits per heavy atom. The Hall–Kier alpha value is -3.16. The van der Waals surface area contributed by atoms with Crippen LogP contribution in [0, 0.1) is 0 Å². The van der Waals surface area contributed by atoms with Crippen molar-refractivity contribution in [2.75, 3.05) is 0 Å². The van der Waals surface area contributed by atoms with Crippen molar-refractivity contribution >= 4 is 21.9 Å². The van der Waals surface area contributed by atoms with Crippen LogP contribution in [0.15, 0.2) is 53.5 Å². The van der Waals surface area contributed by atoms with Gasteiger partial charge in [0, 0.05) is 11.6 Å². The van der Waals surface area contributed by atoms with Gasteiger partial charge in [0.25, 0.3) is 0 Å². The van der Waals surface area contributed by atoms with Gasteiger partial charge in [-0.3, -0.25) is 4.79 Å². The predicted octanol–water partition coefficient (Wildman–Crippen LogP) is 3.28. The van der Waals surface area contributed by atoms with Crippen molar-refractivity contribution < 1.29 is 13.2 Å². The van der Waals surface area contributed by atoms with Crippen LogP contribution in [0.1, 0.15) is 5.69 Å². The van der Waals surface area contributed by atoms with Gasteiger partial charge in [0.05, 0.1) is 10.9 Å². The normalized spacial score (nSPS) is 12.1. The van der Waals surface area contributed by atoms with Gasteiger partial charge in [-0.2, -0.15) is 23.0 Å². The standard InChI is InChI=1S/C16H9F3N4O/c17-16(18,19)14-12-13(24)9-5-1-2-6-10(9)21-15(12)23(22-14)11-7-3-4-8-20-11/h1-8H,(H,21,24). The summed E-state index contributed by atoms with van der Waals surface area (Å²) in [6.07, 6.45) is -3.32. The Balaban J connectivity index is 2.21. The molecule has 0 aliphatic carbocycles. The number of nitrogens with one attached hydrogen (secondary N) is 1. The van der Waals surface area contributed by atoms with Crippen LogP contribution in [0.3, 0.4) is 0 Å². The highest BCUT2D eigenvalue weighted by molar-refractivity contribution is 5.93. The molecule has 0 amide bonds. The molecule has 0 bridgehead atoms. The number of aromatic amines is 1. The number of fused-ring (bicyclic) bond motifs is 2. The molecule has 0 fully saturated rings. The molecule has 0 saturated carbocycles. The highest BCUT2D eigenvalue weighted by Gasteiger charge is 2.38. The number of benzene rings is 1. The lowest BCUT2D eigenvalue weighted by molar-refractivity contribution is -0.140. The zero-order chi connectivity index (χ0) is 16.9. The van der Waals surface area contributed by atoms with Gasteiger partial charge in [-0.05, 0) is 24.3 Å². The molecular formula is C16H9F3N4O. The van der Waals surface area contributed by atoms with E-state index in [4.69, 9.17) is 0 Å². The summed E-state index contributed by atoms with van der Waals surface area (Å²) in [5.74, 6) is 0.184. The first-order valence-electron chi connectivity index (χ1n) is 6.99. The minimum atomic E-state index is -4.76. The zero-order valence-electron chi connectivity index (χ0n) is 12.0. The van der Waals surface area contributed by atoms with Crippen LogP contribution in [-0.2, 0) is 6.18 Å². The summed E-state index contributed by atoms with van der Waals surface area (Å²) in [5, 5.41) is 3.30. The van der Waals surface area contributed by atoms with Crippen LogP contribution in [0.4, 0.5) is 13.2 Å². The second kappa shape index (κ2) is 4.92. The van der Waals surface area contributed by atoms with Crippen LogP contribution in [0.25, 0.3) is 27.8 Å². The van der Waals surface area contributed by atoms with Crippen LogP contribution in [0.2, 0.25) is 0 Å². The molecule has 1 aromatic carbocycles. The van der Waals surface area contributed by atoms with E-state index in [2.05, 4.69) is 15.1 Å². The third kappa shape index (κ3) is 2.07. The fourth-order valence-electron chi connectivity index (χ4n) is 2.64. The van der Waals surface area contributed by atoms with E-state index in [9.17, 15) is 18.0 Å². The van der Waals surface area contributed by atoms with Gasteiger partial charge in [0.2, 0.25) is 5.43 Å². The van der Waals surface area contributed by atoms with E-state index in [0.29, 0.717) is 5.52 Å². The van der Waals surface area contributed by atoms with Crippen LogP contribution in [-0.4, -0.2) is 19.7 Å². The molecule has 120 valence electrons. The lowest BCUT2D eigenvalue weighted by Crippen LogP contribution is -2.12. The van der Waals surface area contributed by atoms with E-state index in [1.54, 1.807) is 30.3 Å². The highest BCUT2D eigenvalue weighted by Crippen LogP contribution is 2.33. The molecule has 3 heterocycles. The number of rotatable bonds is 1. The molecule has 4 rings (SSSR count). The van der Waals surface area contributed by atoms with Gasteiger partial charge < -0.3 is 4.98 Å². The second-order valence-corrected chi connectivity index (χ2v) is 5.17. The van der Waals surface area contributed by atoms with Gasteiger partial charge in [-0.1, -0.05) is 18.2 Å². The molecule has 24 heavy (non-hydrogen) atoms. The molecule has 0 radical (unpaired) electrons. The summed E-state index contributed by atoms with van der Waals surface area (Å²) in [5.41, 5.74) is -1.55. The fraction of sp³-hybridized carbons (Fsp3) is 0.0625. The largest absolute Gasteiger partial charge is 0.436 e. The average Bonchev–Trinajstić information content (AvgIpc) is 2.96. The Kier molecular flexibility index (Phi) is 2.96. The summed E-state index contributed by atoms with van der Waals surface area (Å²) in [4.78, 5) is 19.5. The second-order valence-electron chi connectivity index (χ2n) is 5.17. The summed E-state index contributed by atoms with van der Waals surface area (Å²) in [6.45, 7) is 0. The molecule has 0 spiro atoms. The third-order valence-electron chi connectivity index (χ3n) is 3.67. The molecule has 0 unspecified atom stereocenters. The SMILES string of the molecule is O=c1c2ccccc2[nH]c2c1c(C(F)(F)F)nn2-c1ccccn1. The number of hydrogen-bond donors (Lipinski definition) is 1. The van der Waals surface area contributed by atoms with Crippen LogP contribution >= 0.6 is 0 Å². The number of para-hydroxylation sites is 1. The Morgan fingerprint density at radius 2 is 1.79 bits per heavy atom. The first-order chi connectivity index (χ1) is 11.5. The fourth-order valence-corrected chi connectivity index (χ4v) is 2.64. The molecule has 0 aliphatic rings. The first-order valence-corrected chi connectivity index (χ1v) is 6.99. The third-order valence-corrected chi connectivity index (χ3v) is 3.67. The maximum absolute atomic E-state index is 13.4. The molecule has 4 aromatic rings. The molecule has 3 aromatic heterocycles. The van der Waals surface area contributed by atoms with Crippen molar-refractivity contribution in [2.24, 2.45) is 0 Å². The number of alkyl halides is 3. The summed E-state index contributed by atoms with van der Waals surface area (Å²) >= 11 is 0. The van der Waals surface area contributed by atoms with Gasteiger partial charge in [-0.25, -0.2) is 4.98 Å². The first kappa shape index (κ1) is 14.4. The quantitative estimate of drug-likeness (QED) is 0.582. The molecule has 1 N–H and O–H groups in total. The highest BCUT2D eigenvalue weighted by atomic mass is 19.4. The van der Waals surface area contributed by atoms with E-state index in [-0.39, 0.29) is 16.9 Å². The smallest absolute Gasteiger partial charge is 0.339 e. The monoisotopic (exact) mass is 330 g/mol. The van der Waals surface area contributed by atoms with Gasteiger partial charge in [-0.15, -0.1) is 0 Å². The average molecular weight is 330 g/mol. The molecule has 0 atom stereocenters. The van der Waals surface area contributed by atoms with Gasteiger partial charge in [0.15, 0.2) is 11.5 Å². The maximum Gasteiger partial charge on any atom is 0.436 e. The van der Waals surface area contributed by atoms with E-state index in [1.807, 2.05) is 0 Å². The molecule has 5 nitrogen and oxygen atoms in total. The number of pyridine rings is 2. The molecule has 0 aliphatic heterocycles. The van der Waals surface area contributed by atoms with Gasteiger partial charge in [0.1, 0.15) is 5.65 Å². The number of halogens is 3. The predicted molar refractivity (Wildman–Crippen MR) is 82.0 cm³/mol. The number of hydrogen-bond acceptors (Lipinski definition) is 3. The minimum Gasteiger partial charge on any atom is -0.339 e. The summed E-state index contributed by atoms with van der Waals surface area (Å²) < 4.78 is 41.1. The molecular weight excluding hydrogens is 321 g/mol. The lowest BCUT2D eigenvalue weighted by Gasteiger charge is -2.03. The number of aromatic nitrogens is 4. The van der Waals surface area contributed by atoms with Crippen LogP contribution < -0.4 is 5.43 Å². The van der Waals surface area contributed by atoms with E-state index in [1.165, 1.54) is 18.3 Å². The lowest BCUT2D eigenvalue weighted by atomic mass is 10.1. The van der Waals surface area contributed by atoms with E-state index < -0.39 is 22.7 Å². The molecule has 0 saturated heterocycles. The van der Waals surface area contributed by atoms with Gasteiger partial charge >= 0.3 is 6.18 Å². The zero-order valence-corrected chi connectivity index (χ0v) is 12.0.